The predicted molar refractivity (Wildman–Crippen MR) is 89.5 cm³/mol. The van der Waals surface area contributed by atoms with E-state index in [4.69, 9.17) is 9.84 Å². The Balaban J connectivity index is 2.41. The Bertz CT molecular complexity index is 836. The van der Waals surface area contributed by atoms with Crippen molar-refractivity contribution >= 4 is 37.6 Å². The highest BCUT2D eigenvalue weighted by Crippen LogP contribution is 2.29. The van der Waals surface area contributed by atoms with Crippen LogP contribution >= 0.6 is 15.9 Å². The molecule has 0 aliphatic carbocycles. The molecule has 0 fully saturated rings. The summed E-state index contributed by atoms with van der Waals surface area (Å²) in [6, 6.07) is 10.2. The first-order valence-corrected chi connectivity index (χ1v) is 8.89. The Kier molecular flexibility index (Phi) is 5.27. The van der Waals surface area contributed by atoms with Crippen LogP contribution in [0.5, 0.6) is 5.75 Å². The lowest BCUT2D eigenvalue weighted by Gasteiger charge is -2.13. The van der Waals surface area contributed by atoms with Crippen LogP contribution in [0.4, 0.5) is 5.69 Å². The van der Waals surface area contributed by atoms with Crippen LogP contribution in [0.2, 0.25) is 0 Å². The highest BCUT2D eigenvalue weighted by molar-refractivity contribution is 9.10. The molecule has 0 atom stereocenters. The predicted octanol–water partition coefficient (Wildman–Crippen LogP) is 3.35. The number of hydrogen-bond acceptors (Lipinski definition) is 4. The van der Waals surface area contributed by atoms with E-state index >= 15 is 0 Å². The molecule has 2 aromatic rings. The molecule has 0 unspecified atom stereocenters. The second kappa shape index (κ2) is 7.01. The van der Waals surface area contributed by atoms with Gasteiger partial charge in [-0.05, 0) is 43.3 Å². The van der Waals surface area contributed by atoms with E-state index in [2.05, 4.69) is 20.7 Å². The molecule has 0 aliphatic rings. The summed E-state index contributed by atoms with van der Waals surface area (Å²) in [7, 11) is -3.93. The van der Waals surface area contributed by atoms with Gasteiger partial charge in [0, 0.05) is 10.2 Å². The summed E-state index contributed by atoms with van der Waals surface area (Å²) in [4.78, 5) is 10.9. The van der Waals surface area contributed by atoms with E-state index in [-0.39, 0.29) is 21.9 Å². The van der Waals surface area contributed by atoms with Gasteiger partial charge in [-0.2, -0.15) is 0 Å². The SMILES string of the molecule is CCOc1ccc(Br)cc1S(=O)(=O)Nc1cccc(C(=O)O)c1. The van der Waals surface area contributed by atoms with Crippen LogP contribution in [-0.4, -0.2) is 26.1 Å². The number of anilines is 1. The maximum atomic E-state index is 12.6. The minimum atomic E-state index is -3.93. The molecule has 2 aromatic carbocycles. The molecule has 0 bridgehead atoms. The van der Waals surface area contributed by atoms with Crippen LogP contribution in [0.3, 0.4) is 0 Å². The topological polar surface area (TPSA) is 92.7 Å². The average molecular weight is 400 g/mol. The van der Waals surface area contributed by atoms with Gasteiger partial charge in [0.1, 0.15) is 10.6 Å². The lowest BCUT2D eigenvalue weighted by atomic mass is 10.2. The Hall–Kier alpha value is -2.06. The van der Waals surface area contributed by atoms with E-state index < -0.39 is 16.0 Å². The van der Waals surface area contributed by atoms with Crippen LogP contribution in [0.1, 0.15) is 17.3 Å². The average Bonchev–Trinajstić information content (AvgIpc) is 2.49. The number of aromatic carboxylic acids is 1. The number of carbonyl (C=O) groups is 1. The van der Waals surface area contributed by atoms with Gasteiger partial charge in [0.25, 0.3) is 10.0 Å². The van der Waals surface area contributed by atoms with Crippen LogP contribution in [0.25, 0.3) is 0 Å². The van der Waals surface area contributed by atoms with Crippen molar-refractivity contribution in [3.8, 4) is 5.75 Å². The maximum Gasteiger partial charge on any atom is 0.335 e. The van der Waals surface area contributed by atoms with Crippen LogP contribution in [0.15, 0.2) is 51.8 Å². The normalized spacial score (nSPS) is 11.0. The van der Waals surface area contributed by atoms with Crippen molar-refractivity contribution in [1.29, 1.82) is 0 Å². The number of halogens is 1. The molecule has 0 spiro atoms. The number of rotatable bonds is 6. The fraction of sp³-hybridized carbons (Fsp3) is 0.133. The summed E-state index contributed by atoms with van der Waals surface area (Å²) in [6.07, 6.45) is 0. The lowest BCUT2D eigenvalue weighted by molar-refractivity contribution is 0.0697. The van der Waals surface area contributed by atoms with Gasteiger partial charge in [0.2, 0.25) is 0 Å². The molecule has 0 heterocycles. The molecule has 2 rings (SSSR count). The third-order valence-electron chi connectivity index (χ3n) is 2.86. The monoisotopic (exact) mass is 399 g/mol. The lowest BCUT2D eigenvalue weighted by Crippen LogP contribution is -2.15. The number of carboxylic acids is 1. The zero-order chi connectivity index (χ0) is 17.0. The highest BCUT2D eigenvalue weighted by Gasteiger charge is 2.20. The Morgan fingerprint density at radius 2 is 2.00 bits per heavy atom. The van der Waals surface area contributed by atoms with Crippen LogP contribution in [0, 0.1) is 0 Å². The molecule has 0 aromatic heterocycles. The minimum absolute atomic E-state index is 0.00975. The van der Waals surface area contributed by atoms with Crippen molar-refractivity contribution in [3.63, 3.8) is 0 Å². The summed E-state index contributed by atoms with van der Waals surface area (Å²) in [6.45, 7) is 2.07. The molecule has 0 saturated heterocycles. The second-order valence-electron chi connectivity index (χ2n) is 4.52. The van der Waals surface area contributed by atoms with Gasteiger partial charge in [-0.3, -0.25) is 4.72 Å². The number of nitrogens with one attached hydrogen (secondary N) is 1. The van der Waals surface area contributed by atoms with Crippen LogP contribution in [-0.2, 0) is 10.0 Å². The molecule has 8 heteroatoms. The maximum absolute atomic E-state index is 12.6. The first-order valence-electron chi connectivity index (χ1n) is 6.62. The van der Waals surface area contributed by atoms with Gasteiger partial charge in [-0.1, -0.05) is 22.0 Å². The van der Waals surface area contributed by atoms with Gasteiger partial charge in [0.15, 0.2) is 0 Å². The van der Waals surface area contributed by atoms with Crippen molar-refractivity contribution in [2.24, 2.45) is 0 Å². The standard InChI is InChI=1S/C15H14BrNO5S/c1-2-22-13-7-6-11(16)9-14(13)23(20,21)17-12-5-3-4-10(8-12)15(18)19/h3-9,17H,2H2,1H3,(H,18,19). The van der Waals surface area contributed by atoms with Gasteiger partial charge in [-0.25, -0.2) is 13.2 Å². The largest absolute Gasteiger partial charge is 0.492 e. The first kappa shape index (κ1) is 17.3. The van der Waals surface area contributed by atoms with Crippen molar-refractivity contribution < 1.29 is 23.1 Å². The van der Waals surface area contributed by atoms with Gasteiger partial charge < -0.3 is 9.84 Å². The molecule has 23 heavy (non-hydrogen) atoms. The quantitative estimate of drug-likeness (QED) is 0.776. The number of benzene rings is 2. The Morgan fingerprint density at radius 1 is 1.26 bits per heavy atom. The van der Waals surface area contributed by atoms with Gasteiger partial charge >= 0.3 is 5.97 Å². The number of carboxylic acid groups (broad SMARTS) is 1. The Morgan fingerprint density at radius 3 is 2.65 bits per heavy atom. The number of hydrogen-bond donors (Lipinski definition) is 2. The smallest absolute Gasteiger partial charge is 0.335 e. The zero-order valence-electron chi connectivity index (χ0n) is 12.1. The number of sulfonamides is 1. The highest BCUT2D eigenvalue weighted by atomic mass is 79.9. The molecule has 2 N–H and O–H groups in total. The van der Waals surface area contributed by atoms with E-state index in [1.54, 1.807) is 19.1 Å². The van der Waals surface area contributed by atoms with Gasteiger partial charge in [-0.15, -0.1) is 0 Å². The summed E-state index contributed by atoms with van der Waals surface area (Å²) < 4.78 is 33.4. The Labute approximate surface area is 142 Å². The summed E-state index contributed by atoms with van der Waals surface area (Å²) in [5, 5.41) is 8.97. The van der Waals surface area contributed by atoms with Crippen molar-refractivity contribution in [2.75, 3.05) is 11.3 Å². The molecule has 122 valence electrons. The summed E-state index contributed by atoms with van der Waals surface area (Å²) >= 11 is 3.23. The van der Waals surface area contributed by atoms with Crippen LogP contribution < -0.4 is 9.46 Å². The number of ether oxygens (including phenoxy) is 1. The van der Waals surface area contributed by atoms with E-state index in [9.17, 15) is 13.2 Å². The van der Waals surface area contributed by atoms with E-state index in [1.807, 2.05) is 0 Å². The fourth-order valence-electron chi connectivity index (χ4n) is 1.89. The minimum Gasteiger partial charge on any atom is -0.492 e. The summed E-state index contributed by atoms with van der Waals surface area (Å²) in [5.41, 5.74) is 0.150. The van der Waals surface area contributed by atoms with E-state index in [1.165, 1.54) is 30.3 Å². The molecule has 0 radical (unpaired) electrons. The van der Waals surface area contributed by atoms with Crippen molar-refractivity contribution in [1.82, 2.24) is 0 Å². The summed E-state index contributed by atoms with van der Waals surface area (Å²) in [5.74, 6) is -0.916. The third-order valence-corrected chi connectivity index (χ3v) is 4.75. The molecular weight excluding hydrogens is 386 g/mol. The molecule has 6 nitrogen and oxygen atoms in total. The first-order chi connectivity index (χ1) is 10.8. The van der Waals surface area contributed by atoms with Crippen molar-refractivity contribution in [2.45, 2.75) is 11.8 Å². The zero-order valence-corrected chi connectivity index (χ0v) is 14.5. The molecular formula is C15H14BrNO5S. The fourth-order valence-corrected chi connectivity index (χ4v) is 3.63. The molecule has 0 aliphatic heterocycles. The third kappa shape index (κ3) is 4.23. The van der Waals surface area contributed by atoms with E-state index in [0.29, 0.717) is 11.1 Å². The van der Waals surface area contributed by atoms with E-state index in [0.717, 1.165) is 0 Å². The van der Waals surface area contributed by atoms with Gasteiger partial charge in [0.05, 0.1) is 12.2 Å². The molecule has 0 amide bonds. The van der Waals surface area contributed by atoms with Crippen molar-refractivity contribution in [3.05, 3.63) is 52.5 Å². The molecule has 0 saturated carbocycles. The second-order valence-corrected chi connectivity index (χ2v) is 7.08.